The fraction of sp³-hybridized carbons (Fsp3) is 0.467. The van der Waals surface area contributed by atoms with E-state index in [4.69, 9.17) is 9.47 Å². The molecule has 0 aliphatic carbocycles. The molecule has 0 unspecified atom stereocenters. The van der Waals surface area contributed by atoms with Crippen molar-refractivity contribution in [1.82, 2.24) is 5.32 Å². The van der Waals surface area contributed by atoms with Crippen LogP contribution in [0.5, 0.6) is 5.75 Å². The minimum Gasteiger partial charge on any atom is -0.493 e. The Bertz CT molecular complexity index is 471. The topological polar surface area (TPSA) is 64.6 Å². The van der Waals surface area contributed by atoms with Gasteiger partial charge >= 0.3 is 5.97 Å². The molecule has 0 bridgehead atoms. The summed E-state index contributed by atoms with van der Waals surface area (Å²) < 4.78 is 10.3. The molecule has 0 saturated carbocycles. The molecular formula is C15H21NO4. The second kappa shape index (κ2) is 8.19. The van der Waals surface area contributed by atoms with E-state index >= 15 is 0 Å². The molecule has 5 heteroatoms. The lowest BCUT2D eigenvalue weighted by Gasteiger charge is -2.10. The van der Waals surface area contributed by atoms with Crippen LogP contribution in [0.4, 0.5) is 0 Å². The third-order valence-electron chi connectivity index (χ3n) is 2.88. The summed E-state index contributed by atoms with van der Waals surface area (Å²) in [4.78, 5) is 22.6. The molecule has 0 spiro atoms. The lowest BCUT2D eigenvalue weighted by molar-refractivity contribution is -0.143. The number of nitrogens with one attached hydrogen (secondary N) is 1. The number of hydrogen-bond acceptors (Lipinski definition) is 4. The van der Waals surface area contributed by atoms with E-state index in [1.807, 2.05) is 32.0 Å². The van der Waals surface area contributed by atoms with Gasteiger partial charge < -0.3 is 14.8 Å². The smallest absolute Gasteiger partial charge is 0.325 e. The highest BCUT2D eigenvalue weighted by molar-refractivity contribution is 5.81. The SMILES string of the molecule is CCOC(=O)CNC(=O)CCOc1cccc(C)c1C. The van der Waals surface area contributed by atoms with Gasteiger partial charge in [-0.25, -0.2) is 0 Å². The van der Waals surface area contributed by atoms with Gasteiger partial charge in [0.2, 0.25) is 5.91 Å². The normalized spacial score (nSPS) is 9.95. The Kier molecular flexibility index (Phi) is 6.56. The minimum absolute atomic E-state index is 0.101. The number of hydrogen-bond donors (Lipinski definition) is 1. The van der Waals surface area contributed by atoms with Crippen molar-refractivity contribution in [2.24, 2.45) is 0 Å². The average molecular weight is 279 g/mol. The van der Waals surface area contributed by atoms with Crippen molar-refractivity contribution in [2.75, 3.05) is 19.8 Å². The molecule has 1 N–H and O–H groups in total. The van der Waals surface area contributed by atoms with Gasteiger partial charge in [0.1, 0.15) is 12.3 Å². The zero-order chi connectivity index (χ0) is 15.0. The quantitative estimate of drug-likeness (QED) is 0.772. The molecule has 0 aliphatic heterocycles. The van der Waals surface area contributed by atoms with Gasteiger partial charge in [0.15, 0.2) is 0 Å². The van der Waals surface area contributed by atoms with Gasteiger partial charge in [-0.2, -0.15) is 0 Å². The van der Waals surface area contributed by atoms with Crippen LogP contribution in [0.2, 0.25) is 0 Å². The second-order valence-corrected chi connectivity index (χ2v) is 4.38. The molecule has 110 valence electrons. The summed E-state index contributed by atoms with van der Waals surface area (Å²) in [6.45, 7) is 6.19. The number of rotatable bonds is 7. The zero-order valence-electron chi connectivity index (χ0n) is 12.2. The highest BCUT2D eigenvalue weighted by Gasteiger charge is 2.07. The average Bonchev–Trinajstić information content (AvgIpc) is 2.41. The molecule has 0 aromatic heterocycles. The summed E-state index contributed by atoms with van der Waals surface area (Å²) in [5, 5.41) is 2.49. The van der Waals surface area contributed by atoms with E-state index < -0.39 is 5.97 Å². The maximum Gasteiger partial charge on any atom is 0.325 e. The van der Waals surface area contributed by atoms with E-state index in [2.05, 4.69) is 5.32 Å². The molecule has 5 nitrogen and oxygen atoms in total. The molecule has 1 rings (SSSR count). The minimum atomic E-state index is -0.434. The van der Waals surface area contributed by atoms with Gasteiger partial charge in [0, 0.05) is 0 Å². The fourth-order valence-electron chi connectivity index (χ4n) is 1.61. The van der Waals surface area contributed by atoms with Crippen molar-refractivity contribution in [3.8, 4) is 5.75 Å². The number of carbonyl (C=O) groups excluding carboxylic acids is 2. The Balaban J connectivity index is 2.28. The number of carbonyl (C=O) groups is 2. The van der Waals surface area contributed by atoms with Crippen LogP contribution in [0.1, 0.15) is 24.5 Å². The van der Waals surface area contributed by atoms with Crippen molar-refractivity contribution < 1.29 is 19.1 Å². The maximum absolute atomic E-state index is 11.5. The van der Waals surface area contributed by atoms with Crippen LogP contribution >= 0.6 is 0 Å². The molecular weight excluding hydrogens is 258 g/mol. The molecule has 0 heterocycles. The molecule has 1 aromatic carbocycles. The molecule has 20 heavy (non-hydrogen) atoms. The Morgan fingerprint density at radius 1 is 1.25 bits per heavy atom. The van der Waals surface area contributed by atoms with E-state index in [9.17, 15) is 9.59 Å². The maximum atomic E-state index is 11.5. The molecule has 0 fully saturated rings. The third kappa shape index (κ3) is 5.30. The highest BCUT2D eigenvalue weighted by atomic mass is 16.5. The second-order valence-electron chi connectivity index (χ2n) is 4.38. The Morgan fingerprint density at radius 2 is 2.00 bits per heavy atom. The van der Waals surface area contributed by atoms with E-state index in [1.165, 1.54) is 0 Å². The van der Waals surface area contributed by atoms with Crippen LogP contribution < -0.4 is 10.1 Å². The van der Waals surface area contributed by atoms with Gasteiger partial charge in [0.25, 0.3) is 0 Å². The third-order valence-corrected chi connectivity index (χ3v) is 2.88. The first-order chi connectivity index (χ1) is 9.54. The van der Waals surface area contributed by atoms with Crippen molar-refractivity contribution in [3.63, 3.8) is 0 Å². The van der Waals surface area contributed by atoms with E-state index in [0.717, 1.165) is 16.9 Å². The molecule has 1 amide bonds. The molecule has 0 aliphatic rings. The van der Waals surface area contributed by atoms with E-state index in [1.54, 1.807) is 6.92 Å². The summed E-state index contributed by atoms with van der Waals surface area (Å²) in [5.41, 5.74) is 2.22. The molecule has 0 atom stereocenters. The summed E-state index contributed by atoms with van der Waals surface area (Å²) in [7, 11) is 0. The first kappa shape index (κ1) is 16.0. The number of aryl methyl sites for hydroxylation is 1. The van der Waals surface area contributed by atoms with Crippen molar-refractivity contribution in [1.29, 1.82) is 0 Å². The van der Waals surface area contributed by atoms with Gasteiger partial charge in [-0.05, 0) is 38.0 Å². The summed E-state index contributed by atoms with van der Waals surface area (Å²) >= 11 is 0. The lowest BCUT2D eigenvalue weighted by Crippen LogP contribution is -2.31. The largest absolute Gasteiger partial charge is 0.493 e. The zero-order valence-corrected chi connectivity index (χ0v) is 12.2. The van der Waals surface area contributed by atoms with Crippen LogP contribution in [0.25, 0.3) is 0 Å². The Hall–Kier alpha value is -2.04. The van der Waals surface area contributed by atoms with Crippen LogP contribution in [0.3, 0.4) is 0 Å². The Morgan fingerprint density at radius 3 is 2.70 bits per heavy atom. The van der Waals surface area contributed by atoms with Gasteiger partial charge in [-0.3, -0.25) is 9.59 Å². The van der Waals surface area contributed by atoms with Crippen molar-refractivity contribution in [3.05, 3.63) is 29.3 Å². The van der Waals surface area contributed by atoms with Crippen LogP contribution in [-0.2, 0) is 14.3 Å². The van der Waals surface area contributed by atoms with Crippen molar-refractivity contribution >= 4 is 11.9 Å². The monoisotopic (exact) mass is 279 g/mol. The summed E-state index contributed by atoms with van der Waals surface area (Å²) in [5.74, 6) is 0.114. The summed E-state index contributed by atoms with van der Waals surface area (Å²) in [6, 6.07) is 5.80. The Labute approximate surface area is 119 Å². The number of benzene rings is 1. The van der Waals surface area contributed by atoms with E-state index in [0.29, 0.717) is 6.61 Å². The lowest BCUT2D eigenvalue weighted by atomic mass is 10.1. The standard InChI is InChI=1S/C15H21NO4/c1-4-19-15(18)10-16-14(17)8-9-20-13-7-5-6-11(2)12(13)3/h5-7H,4,8-10H2,1-3H3,(H,16,17). The number of amides is 1. The predicted octanol–water partition coefficient (Wildman–Crippen LogP) is 1.75. The van der Waals surface area contributed by atoms with Crippen molar-refractivity contribution in [2.45, 2.75) is 27.2 Å². The van der Waals surface area contributed by atoms with E-state index in [-0.39, 0.29) is 25.5 Å². The molecule has 0 saturated heterocycles. The number of ether oxygens (including phenoxy) is 2. The fourth-order valence-corrected chi connectivity index (χ4v) is 1.61. The van der Waals surface area contributed by atoms with Gasteiger partial charge in [-0.1, -0.05) is 12.1 Å². The van der Waals surface area contributed by atoms with Crippen LogP contribution in [0.15, 0.2) is 18.2 Å². The first-order valence-corrected chi connectivity index (χ1v) is 6.66. The van der Waals surface area contributed by atoms with Gasteiger partial charge in [0.05, 0.1) is 19.6 Å². The number of esters is 1. The van der Waals surface area contributed by atoms with Crippen LogP contribution in [0, 0.1) is 13.8 Å². The molecule has 0 radical (unpaired) electrons. The van der Waals surface area contributed by atoms with Crippen LogP contribution in [-0.4, -0.2) is 31.6 Å². The first-order valence-electron chi connectivity index (χ1n) is 6.66. The molecule has 1 aromatic rings. The predicted molar refractivity (Wildman–Crippen MR) is 75.7 cm³/mol. The highest BCUT2D eigenvalue weighted by Crippen LogP contribution is 2.20. The van der Waals surface area contributed by atoms with Gasteiger partial charge in [-0.15, -0.1) is 0 Å². The summed E-state index contributed by atoms with van der Waals surface area (Å²) in [6.07, 6.45) is 0.201.